The molecule has 0 fully saturated rings. The van der Waals surface area contributed by atoms with Crippen LogP contribution in [0.5, 0.6) is 5.75 Å². The molecule has 3 N–H and O–H groups in total. The zero-order chi connectivity index (χ0) is 23.5. The van der Waals surface area contributed by atoms with Crippen LogP contribution in [0.15, 0.2) is 60.8 Å². The van der Waals surface area contributed by atoms with Crippen molar-refractivity contribution < 1.29 is 19.7 Å². The lowest BCUT2D eigenvalue weighted by Crippen LogP contribution is -2.06. The first-order valence-corrected chi connectivity index (χ1v) is 10.7. The summed E-state index contributed by atoms with van der Waals surface area (Å²) in [6.45, 7) is 1.88. The Morgan fingerprint density at radius 2 is 1.91 bits per heavy atom. The molecule has 0 spiro atoms. The van der Waals surface area contributed by atoms with Gasteiger partial charge in [0.15, 0.2) is 0 Å². The second-order valence-electron chi connectivity index (χ2n) is 7.87. The Morgan fingerprint density at radius 3 is 2.58 bits per heavy atom. The van der Waals surface area contributed by atoms with Gasteiger partial charge in [0, 0.05) is 23.0 Å². The summed E-state index contributed by atoms with van der Waals surface area (Å²) in [5.74, 6) is -0.417. The van der Waals surface area contributed by atoms with E-state index < -0.39 is 5.97 Å². The van der Waals surface area contributed by atoms with Crippen LogP contribution in [0.1, 0.15) is 51.9 Å². The first kappa shape index (κ1) is 22.1. The Hall–Kier alpha value is -4.08. The predicted octanol–water partition coefficient (Wildman–Crippen LogP) is 5.45. The minimum atomic E-state index is -1.01. The number of aromatic carboxylic acids is 1. The van der Waals surface area contributed by atoms with Crippen molar-refractivity contribution in [3.8, 4) is 22.9 Å². The highest BCUT2D eigenvalue weighted by Gasteiger charge is 2.22. The fraction of sp³-hybridized carbons (Fsp3) is 0.185. The molecule has 0 aliphatic rings. The number of nitrogens with one attached hydrogen (secondary N) is 1. The van der Waals surface area contributed by atoms with E-state index in [9.17, 15) is 20.3 Å². The molecule has 0 bridgehead atoms. The number of nitrogens with zero attached hydrogens (tertiary/aromatic N) is 1. The van der Waals surface area contributed by atoms with Gasteiger partial charge in [-0.2, -0.15) is 5.26 Å². The van der Waals surface area contributed by atoms with E-state index in [1.807, 2.05) is 36.5 Å². The molecule has 33 heavy (non-hydrogen) atoms. The molecule has 1 aromatic heterocycles. The first-order chi connectivity index (χ1) is 16.0. The highest BCUT2D eigenvalue weighted by atomic mass is 16.5. The van der Waals surface area contributed by atoms with E-state index >= 15 is 0 Å². The lowest BCUT2D eigenvalue weighted by Gasteiger charge is -2.21. The Labute approximate surface area is 191 Å². The van der Waals surface area contributed by atoms with Gasteiger partial charge in [0.05, 0.1) is 30.9 Å². The number of aromatic nitrogens is 1. The summed E-state index contributed by atoms with van der Waals surface area (Å²) >= 11 is 0. The minimum Gasteiger partial charge on any atom is -0.497 e. The van der Waals surface area contributed by atoms with Crippen molar-refractivity contribution in [2.45, 2.75) is 25.9 Å². The molecule has 166 valence electrons. The number of carbonyl (C=O) groups is 1. The van der Waals surface area contributed by atoms with Crippen LogP contribution in [0.25, 0.3) is 22.0 Å². The van der Waals surface area contributed by atoms with Crippen LogP contribution >= 0.6 is 0 Å². The van der Waals surface area contributed by atoms with E-state index in [2.05, 4.69) is 18.0 Å². The molecule has 1 heterocycles. The number of aromatic amines is 1. The molecular formula is C27H24N2O4. The number of hydrogen-bond acceptors (Lipinski definition) is 4. The zero-order valence-corrected chi connectivity index (χ0v) is 18.4. The molecule has 0 saturated heterocycles. The molecule has 1 atom stereocenters. The molecule has 3 aromatic carbocycles. The summed E-state index contributed by atoms with van der Waals surface area (Å²) in [5.41, 5.74) is 5.87. The quantitative estimate of drug-likeness (QED) is 0.354. The van der Waals surface area contributed by atoms with E-state index in [1.165, 1.54) is 0 Å². The number of hydrogen-bond donors (Lipinski definition) is 3. The third-order valence-electron chi connectivity index (χ3n) is 6.08. The lowest BCUT2D eigenvalue weighted by molar-refractivity contribution is 0.0697. The van der Waals surface area contributed by atoms with Crippen LogP contribution in [-0.2, 0) is 6.61 Å². The second kappa shape index (κ2) is 9.19. The van der Waals surface area contributed by atoms with Gasteiger partial charge >= 0.3 is 5.97 Å². The van der Waals surface area contributed by atoms with Crippen LogP contribution in [0.2, 0.25) is 0 Å². The maximum absolute atomic E-state index is 11.8. The molecule has 0 saturated carbocycles. The summed E-state index contributed by atoms with van der Waals surface area (Å²) in [6.07, 6.45) is 2.73. The Kier molecular flexibility index (Phi) is 6.16. The highest BCUT2D eigenvalue weighted by Crippen LogP contribution is 2.40. The summed E-state index contributed by atoms with van der Waals surface area (Å²) < 4.78 is 5.30. The zero-order valence-electron chi connectivity index (χ0n) is 18.4. The van der Waals surface area contributed by atoms with Crippen molar-refractivity contribution in [3.63, 3.8) is 0 Å². The molecule has 0 aliphatic heterocycles. The van der Waals surface area contributed by atoms with Crippen LogP contribution in [0.3, 0.4) is 0 Å². The monoisotopic (exact) mass is 440 g/mol. The maximum Gasteiger partial charge on any atom is 0.335 e. The summed E-state index contributed by atoms with van der Waals surface area (Å²) in [6, 6.07) is 18.3. The average Bonchev–Trinajstić information content (AvgIpc) is 3.27. The normalized spacial score (nSPS) is 11.8. The Morgan fingerprint density at radius 1 is 1.09 bits per heavy atom. The van der Waals surface area contributed by atoms with Gasteiger partial charge in [0.1, 0.15) is 5.75 Å². The van der Waals surface area contributed by atoms with Gasteiger partial charge in [0.25, 0.3) is 0 Å². The number of aliphatic hydroxyl groups excluding tert-OH is 1. The van der Waals surface area contributed by atoms with E-state index in [-0.39, 0.29) is 18.1 Å². The van der Waals surface area contributed by atoms with Gasteiger partial charge in [0.2, 0.25) is 0 Å². The molecule has 4 rings (SSSR count). The van der Waals surface area contributed by atoms with Crippen molar-refractivity contribution in [1.29, 1.82) is 5.26 Å². The summed E-state index contributed by atoms with van der Waals surface area (Å²) in [7, 11) is 1.56. The van der Waals surface area contributed by atoms with Crippen LogP contribution in [0, 0.1) is 11.3 Å². The largest absolute Gasteiger partial charge is 0.497 e. The molecule has 6 heteroatoms. The average molecular weight is 440 g/mol. The van der Waals surface area contributed by atoms with Gasteiger partial charge in [-0.3, -0.25) is 0 Å². The van der Waals surface area contributed by atoms with Gasteiger partial charge in [-0.25, -0.2) is 4.79 Å². The van der Waals surface area contributed by atoms with Gasteiger partial charge in [-0.05, 0) is 70.6 Å². The number of carboxylic acid groups (broad SMARTS) is 1. The van der Waals surface area contributed by atoms with Crippen LogP contribution in [-0.4, -0.2) is 28.3 Å². The van der Waals surface area contributed by atoms with Crippen molar-refractivity contribution in [1.82, 2.24) is 4.98 Å². The number of ether oxygens (including phenoxy) is 1. The number of H-pyrrole nitrogens is 1. The number of rotatable bonds is 7. The van der Waals surface area contributed by atoms with Gasteiger partial charge in [-0.1, -0.05) is 25.1 Å². The third-order valence-corrected chi connectivity index (χ3v) is 6.08. The standard InChI is InChI=1S/C27H24N2O4/c1-3-20(25-14-29-26-10-16(13-28)4-7-23(25)26)22-8-5-17(27(31)32)12-24(22)21-9-6-19(33-2)11-18(21)15-30/h4-12,14,20,29-30H,3,15H2,1-2H3,(H,31,32). The highest BCUT2D eigenvalue weighted by molar-refractivity contribution is 5.91. The topological polar surface area (TPSA) is 106 Å². The van der Waals surface area contributed by atoms with Crippen molar-refractivity contribution in [3.05, 3.63) is 88.6 Å². The van der Waals surface area contributed by atoms with Crippen LogP contribution < -0.4 is 4.74 Å². The number of nitriles is 1. The van der Waals surface area contributed by atoms with E-state index in [0.29, 0.717) is 16.9 Å². The first-order valence-electron chi connectivity index (χ1n) is 10.7. The van der Waals surface area contributed by atoms with E-state index in [4.69, 9.17) is 4.74 Å². The molecule has 0 amide bonds. The Bertz CT molecular complexity index is 1380. The molecular weight excluding hydrogens is 416 g/mol. The van der Waals surface area contributed by atoms with Crippen molar-refractivity contribution >= 4 is 16.9 Å². The smallest absolute Gasteiger partial charge is 0.335 e. The molecule has 6 nitrogen and oxygen atoms in total. The second-order valence-corrected chi connectivity index (χ2v) is 7.87. The van der Waals surface area contributed by atoms with Crippen molar-refractivity contribution in [2.75, 3.05) is 7.11 Å². The SMILES string of the molecule is CCC(c1ccc(C(=O)O)cc1-c1ccc(OC)cc1CO)c1c[nH]c2cc(C#N)ccc12. The van der Waals surface area contributed by atoms with E-state index in [1.54, 1.807) is 31.4 Å². The number of benzene rings is 3. The minimum absolute atomic E-state index is 0.0295. The number of carboxylic acids is 1. The molecule has 4 aromatic rings. The maximum atomic E-state index is 11.8. The molecule has 0 aliphatic carbocycles. The lowest BCUT2D eigenvalue weighted by atomic mass is 9.82. The third kappa shape index (κ3) is 4.07. The molecule has 1 unspecified atom stereocenters. The fourth-order valence-corrected chi connectivity index (χ4v) is 4.43. The van der Waals surface area contributed by atoms with Gasteiger partial charge < -0.3 is 19.9 Å². The molecule has 0 radical (unpaired) electrons. The van der Waals surface area contributed by atoms with Crippen LogP contribution in [0.4, 0.5) is 0 Å². The van der Waals surface area contributed by atoms with Crippen molar-refractivity contribution in [2.24, 2.45) is 0 Å². The van der Waals surface area contributed by atoms with Gasteiger partial charge in [-0.15, -0.1) is 0 Å². The predicted molar refractivity (Wildman–Crippen MR) is 126 cm³/mol. The fourth-order valence-electron chi connectivity index (χ4n) is 4.43. The van der Waals surface area contributed by atoms with E-state index in [0.717, 1.165) is 39.6 Å². The summed E-state index contributed by atoms with van der Waals surface area (Å²) in [4.78, 5) is 15.0. The Balaban J connectivity index is 1.94. The number of methoxy groups -OCH3 is 1. The number of aliphatic hydroxyl groups is 1. The number of fused-ring (bicyclic) bond motifs is 1. The summed E-state index contributed by atoms with van der Waals surface area (Å²) in [5, 5.41) is 29.9.